The van der Waals surface area contributed by atoms with Gasteiger partial charge >= 0.3 is 0 Å². The summed E-state index contributed by atoms with van der Waals surface area (Å²) in [6, 6.07) is 11.3. The minimum Gasteiger partial charge on any atom is -0.508 e. The fourth-order valence-electron chi connectivity index (χ4n) is 1.46. The molecule has 0 amide bonds. The van der Waals surface area contributed by atoms with Gasteiger partial charge in [-0.1, -0.05) is 36.9 Å². The van der Waals surface area contributed by atoms with Crippen LogP contribution in [0.1, 0.15) is 5.56 Å². The zero-order chi connectivity index (χ0) is 9.26. The zero-order valence-corrected chi connectivity index (χ0v) is 10.6. The van der Waals surface area contributed by atoms with E-state index in [1.54, 1.807) is 18.2 Å². The van der Waals surface area contributed by atoms with Crippen molar-refractivity contribution < 1.29 is 37.8 Å². The van der Waals surface area contributed by atoms with Gasteiger partial charge < -0.3 is 5.11 Å². The Balaban J connectivity index is 0.000000980. The third-order valence-electron chi connectivity index (χ3n) is 2.12. The topological polar surface area (TPSA) is 20.2 Å². The molecule has 0 aliphatic carbocycles. The van der Waals surface area contributed by atoms with E-state index in [2.05, 4.69) is 6.58 Å². The Kier molecular flexibility index (Phi) is 3.85. The van der Waals surface area contributed by atoms with Crippen LogP contribution in [0.3, 0.4) is 0 Å². The van der Waals surface area contributed by atoms with Gasteiger partial charge in [0.15, 0.2) is 0 Å². The largest absolute Gasteiger partial charge is 0.508 e. The van der Waals surface area contributed by atoms with E-state index >= 15 is 0 Å². The summed E-state index contributed by atoms with van der Waals surface area (Å²) in [5.74, 6) is 0.293. The molecule has 1 radical (unpaired) electrons. The zero-order valence-electron chi connectivity index (χ0n) is 7.77. The summed E-state index contributed by atoms with van der Waals surface area (Å²) in [4.78, 5) is 0. The van der Waals surface area contributed by atoms with E-state index in [0.717, 1.165) is 16.3 Å². The number of hydrogen-bond donors (Lipinski definition) is 1. The average Bonchev–Trinajstić information content (AvgIpc) is 2.17. The molecule has 2 rings (SSSR count). The van der Waals surface area contributed by atoms with Crippen molar-refractivity contribution in [2.75, 3.05) is 0 Å². The third kappa shape index (κ3) is 2.05. The van der Waals surface area contributed by atoms with Crippen LogP contribution in [0, 0.1) is 0 Å². The van der Waals surface area contributed by atoms with E-state index in [1.807, 2.05) is 24.3 Å². The number of hydrogen-bond acceptors (Lipinski definition) is 1. The van der Waals surface area contributed by atoms with Gasteiger partial charge in [-0.05, 0) is 28.5 Å². The fraction of sp³-hybridized carbons (Fsp3) is 0. The second kappa shape index (κ2) is 4.72. The van der Waals surface area contributed by atoms with Crippen LogP contribution in [0.5, 0.6) is 5.75 Å². The molecule has 0 aliphatic rings. The second-order valence-corrected chi connectivity index (χ2v) is 2.96. The number of rotatable bonds is 1. The van der Waals surface area contributed by atoms with Crippen LogP contribution in [-0.4, -0.2) is 5.11 Å². The third-order valence-corrected chi connectivity index (χ3v) is 2.12. The van der Waals surface area contributed by atoms with E-state index in [9.17, 15) is 5.11 Å². The van der Waals surface area contributed by atoms with Gasteiger partial charge in [0.1, 0.15) is 5.75 Å². The molecule has 0 fully saturated rings. The number of aromatic hydroxyl groups is 1. The van der Waals surface area contributed by atoms with Gasteiger partial charge in [-0.3, -0.25) is 0 Å². The Bertz CT molecular complexity index is 463. The minimum absolute atomic E-state index is 0. The summed E-state index contributed by atoms with van der Waals surface area (Å²) in [6.07, 6.45) is 1.79. The molecule has 67 valence electrons. The Hall–Kier alpha value is -0.656. The molecule has 0 bridgehead atoms. The predicted molar refractivity (Wildman–Crippen MR) is 55.7 cm³/mol. The van der Waals surface area contributed by atoms with Gasteiger partial charge in [-0.2, -0.15) is 0 Å². The van der Waals surface area contributed by atoms with Gasteiger partial charge in [0, 0.05) is 32.7 Å². The molecule has 0 saturated carbocycles. The first-order valence-corrected chi connectivity index (χ1v) is 4.15. The van der Waals surface area contributed by atoms with Crippen molar-refractivity contribution in [3.8, 4) is 5.75 Å². The van der Waals surface area contributed by atoms with E-state index < -0.39 is 0 Å². The Morgan fingerprint density at radius 1 is 1.14 bits per heavy atom. The van der Waals surface area contributed by atoms with Crippen LogP contribution in [-0.2, 0) is 32.7 Å². The van der Waals surface area contributed by atoms with Gasteiger partial charge in [-0.25, -0.2) is 0 Å². The summed E-state index contributed by atoms with van der Waals surface area (Å²) < 4.78 is 0. The van der Waals surface area contributed by atoms with Crippen LogP contribution in [0.4, 0.5) is 0 Å². The van der Waals surface area contributed by atoms with Crippen LogP contribution < -0.4 is 0 Å². The summed E-state index contributed by atoms with van der Waals surface area (Å²) in [5.41, 5.74) is 1.05. The van der Waals surface area contributed by atoms with Crippen molar-refractivity contribution in [3.05, 3.63) is 48.5 Å². The number of phenols is 1. The first kappa shape index (κ1) is 11.4. The molecule has 0 aromatic heterocycles. The summed E-state index contributed by atoms with van der Waals surface area (Å²) in [7, 11) is 0. The van der Waals surface area contributed by atoms with Crippen LogP contribution in [0.15, 0.2) is 43.0 Å². The average molecular weight is 259 g/mol. The molecular weight excluding hydrogens is 249 g/mol. The molecule has 1 N–H and O–H groups in total. The van der Waals surface area contributed by atoms with Gasteiger partial charge in [-0.15, -0.1) is 0 Å². The van der Waals surface area contributed by atoms with E-state index in [-0.39, 0.29) is 32.7 Å². The number of benzene rings is 2. The maximum Gasteiger partial charge on any atom is 0.116 e. The van der Waals surface area contributed by atoms with Gasteiger partial charge in [0.2, 0.25) is 0 Å². The summed E-state index contributed by atoms with van der Waals surface area (Å²) in [5, 5.41) is 11.5. The summed E-state index contributed by atoms with van der Waals surface area (Å²) in [6.45, 7) is 3.73. The molecule has 1 nitrogen and oxygen atoms in total. The van der Waals surface area contributed by atoms with Crippen LogP contribution in [0.25, 0.3) is 16.8 Å². The van der Waals surface area contributed by atoms with Crippen LogP contribution >= 0.6 is 0 Å². The molecule has 0 saturated heterocycles. The predicted octanol–water partition coefficient (Wildman–Crippen LogP) is 3.19. The van der Waals surface area contributed by atoms with E-state index in [4.69, 9.17) is 0 Å². The molecule has 0 aliphatic heterocycles. The molecular formula is C12H10OY. The fourth-order valence-corrected chi connectivity index (χ4v) is 1.46. The molecule has 0 unspecified atom stereocenters. The molecule has 2 aromatic carbocycles. The smallest absolute Gasteiger partial charge is 0.116 e. The Labute approximate surface area is 108 Å². The molecule has 14 heavy (non-hydrogen) atoms. The van der Waals surface area contributed by atoms with Crippen molar-refractivity contribution in [2.45, 2.75) is 0 Å². The molecule has 0 heterocycles. The van der Waals surface area contributed by atoms with Gasteiger partial charge in [0.05, 0.1) is 0 Å². The first-order chi connectivity index (χ1) is 6.31. The first-order valence-electron chi connectivity index (χ1n) is 4.15. The maximum absolute atomic E-state index is 9.32. The van der Waals surface area contributed by atoms with Crippen molar-refractivity contribution in [1.29, 1.82) is 0 Å². The van der Waals surface area contributed by atoms with E-state index in [0.29, 0.717) is 5.75 Å². The Morgan fingerprint density at radius 3 is 2.64 bits per heavy atom. The van der Waals surface area contributed by atoms with Crippen molar-refractivity contribution in [3.63, 3.8) is 0 Å². The van der Waals surface area contributed by atoms with E-state index in [1.165, 1.54) is 0 Å². The molecule has 0 spiro atoms. The van der Waals surface area contributed by atoms with Crippen molar-refractivity contribution >= 4 is 16.8 Å². The standard InChI is InChI=1S/C12H10O.Y/c1-2-9-4-3-5-10-6-7-11(13)8-12(9)10;/h2-8,13H,1H2;. The molecule has 2 aromatic rings. The molecule has 2 heteroatoms. The normalized spacial score (nSPS) is 9.43. The number of fused-ring (bicyclic) bond motifs is 1. The molecule has 0 atom stereocenters. The van der Waals surface area contributed by atoms with Crippen molar-refractivity contribution in [1.82, 2.24) is 0 Å². The quantitative estimate of drug-likeness (QED) is 0.833. The Morgan fingerprint density at radius 2 is 1.93 bits per heavy atom. The summed E-state index contributed by atoms with van der Waals surface area (Å²) >= 11 is 0. The second-order valence-electron chi connectivity index (χ2n) is 2.96. The van der Waals surface area contributed by atoms with Crippen LogP contribution in [0.2, 0.25) is 0 Å². The number of phenolic OH excluding ortho intramolecular Hbond substituents is 1. The van der Waals surface area contributed by atoms with Crippen molar-refractivity contribution in [2.24, 2.45) is 0 Å². The maximum atomic E-state index is 9.32. The van der Waals surface area contributed by atoms with Gasteiger partial charge in [0.25, 0.3) is 0 Å². The SMILES string of the molecule is C=Cc1cccc2ccc(O)cc12.[Y]. The minimum atomic E-state index is 0. The monoisotopic (exact) mass is 259 g/mol.